The Labute approximate surface area is 132 Å². The molecule has 0 aliphatic carbocycles. The number of hydrogen-bond donors (Lipinski definition) is 2. The zero-order valence-corrected chi connectivity index (χ0v) is 12.6. The molecule has 1 amide bonds. The van der Waals surface area contributed by atoms with Crippen molar-refractivity contribution in [3.8, 4) is 5.82 Å². The number of aryl methyl sites for hydroxylation is 1. The second kappa shape index (κ2) is 6.73. The summed E-state index contributed by atoms with van der Waals surface area (Å²) in [6.07, 6.45) is 4.77. The first-order valence-corrected chi connectivity index (χ1v) is 7.12. The van der Waals surface area contributed by atoms with E-state index in [4.69, 9.17) is 4.42 Å². The summed E-state index contributed by atoms with van der Waals surface area (Å²) in [7, 11) is 0. The van der Waals surface area contributed by atoms with Gasteiger partial charge < -0.3 is 15.1 Å². The van der Waals surface area contributed by atoms with Gasteiger partial charge in [-0.1, -0.05) is 0 Å². The second-order valence-electron chi connectivity index (χ2n) is 4.82. The molecule has 3 heterocycles. The van der Waals surface area contributed by atoms with Crippen LogP contribution in [-0.2, 0) is 0 Å². The summed E-state index contributed by atoms with van der Waals surface area (Å²) in [6, 6.07) is 6.98. The van der Waals surface area contributed by atoms with Crippen LogP contribution in [0.3, 0.4) is 0 Å². The van der Waals surface area contributed by atoms with E-state index in [2.05, 4.69) is 25.7 Å². The van der Waals surface area contributed by atoms with Crippen LogP contribution in [-0.4, -0.2) is 38.7 Å². The number of anilines is 1. The van der Waals surface area contributed by atoms with Gasteiger partial charge in [-0.2, -0.15) is 5.10 Å². The molecule has 0 aliphatic heterocycles. The van der Waals surface area contributed by atoms with Crippen LogP contribution >= 0.6 is 0 Å². The smallest absolute Gasteiger partial charge is 0.287 e. The zero-order valence-electron chi connectivity index (χ0n) is 12.6. The Morgan fingerprint density at radius 2 is 2.22 bits per heavy atom. The highest BCUT2D eigenvalue weighted by Crippen LogP contribution is 2.08. The molecule has 0 saturated heterocycles. The van der Waals surface area contributed by atoms with Crippen LogP contribution < -0.4 is 10.6 Å². The van der Waals surface area contributed by atoms with E-state index in [0.29, 0.717) is 30.5 Å². The Morgan fingerprint density at radius 3 is 2.96 bits per heavy atom. The third-order valence-electron chi connectivity index (χ3n) is 3.07. The first-order valence-electron chi connectivity index (χ1n) is 7.12. The van der Waals surface area contributed by atoms with Crippen LogP contribution in [0, 0.1) is 6.92 Å². The molecule has 0 bridgehead atoms. The summed E-state index contributed by atoms with van der Waals surface area (Å²) in [5, 5.41) is 10.2. The van der Waals surface area contributed by atoms with Crippen LogP contribution in [0.25, 0.3) is 5.82 Å². The van der Waals surface area contributed by atoms with Gasteiger partial charge in [0.15, 0.2) is 11.6 Å². The van der Waals surface area contributed by atoms with E-state index in [-0.39, 0.29) is 5.91 Å². The number of aromatic nitrogens is 4. The average Bonchev–Trinajstić information content (AvgIpc) is 3.23. The largest absolute Gasteiger partial charge is 0.459 e. The van der Waals surface area contributed by atoms with E-state index in [0.717, 1.165) is 5.69 Å². The minimum Gasteiger partial charge on any atom is -0.459 e. The predicted octanol–water partition coefficient (Wildman–Crippen LogP) is 1.41. The first-order chi connectivity index (χ1) is 11.2. The number of carbonyl (C=O) groups excluding carboxylic acids is 1. The highest BCUT2D eigenvalue weighted by Gasteiger charge is 2.07. The van der Waals surface area contributed by atoms with Crippen molar-refractivity contribution in [3.05, 3.63) is 54.5 Å². The molecule has 118 valence electrons. The van der Waals surface area contributed by atoms with Gasteiger partial charge in [0.25, 0.3) is 5.91 Å². The topological polar surface area (TPSA) is 97.9 Å². The molecule has 8 heteroatoms. The standard InChI is InChI=1S/C15H16N6O2/c1-11-4-7-21(20-11)14-9-13(18-10-19-14)16-5-6-17-15(22)12-3-2-8-23-12/h2-4,7-10H,5-6H2,1H3,(H,17,22)(H,16,18,19). The Balaban J connectivity index is 1.52. The van der Waals surface area contributed by atoms with Crippen LogP contribution in [0.4, 0.5) is 5.82 Å². The lowest BCUT2D eigenvalue weighted by Crippen LogP contribution is -2.28. The van der Waals surface area contributed by atoms with Gasteiger partial charge in [0.1, 0.15) is 12.1 Å². The van der Waals surface area contributed by atoms with Crippen molar-refractivity contribution in [2.75, 3.05) is 18.4 Å². The lowest BCUT2D eigenvalue weighted by atomic mass is 10.4. The van der Waals surface area contributed by atoms with Crippen molar-refractivity contribution in [2.45, 2.75) is 6.92 Å². The molecule has 0 saturated carbocycles. The molecular formula is C15H16N6O2. The summed E-state index contributed by atoms with van der Waals surface area (Å²) >= 11 is 0. The molecular weight excluding hydrogens is 296 g/mol. The summed E-state index contributed by atoms with van der Waals surface area (Å²) in [5.74, 6) is 1.39. The third-order valence-corrected chi connectivity index (χ3v) is 3.07. The third kappa shape index (κ3) is 3.73. The molecule has 23 heavy (non-hydrogen) atoms. The number of nitrogens with zero attached hydrogens (tertiary/aromatic N) is 4. The van der Waals surface area contributed by atoms with Gasteiger partial charge in [0.2, 0.25) is 0 Å². The van der Waals surface area contributed by atoms with Gasteiger partial charge >= 0.3 is 0 Å². The van der Waals surface area contributed by atoms with Crippen LogP contribution in [0.5, 0.6) is 0 Å². The molecule has 0 aliphatic rings. The van der Waals surface area contributed by atoms with E-state index in [1.54, 1.807) is 22.9 Å². The van der Waals surface area contributed by atoms with Gasteiger partial charge in [-0.3, -0.25) is 4.79 Å². The highest BCUT2D eigenvalue weighted by molar-refractivity contribution is 5.91. The molecule has 0 unspecified atom stereocenters. The molecule has 0 fully saturated rings. The molecule has 8 nitrogen and oxygen atoms in total. The summed E-state index contributed by atoms with van der Waals surface area (Å²) < 4.78 is 6.70. The van der Waals surface area contributed by atoms with Crippen molar-refractivity contribution in [3.63, 3.8) is 0 Å². The van der Waals surface area contributed by atoms with Crippen molar-refractivity contribution in [1.29, 1.82) is 0 Å². The quantitative estimate of drug-likeness (QED) is 0.668. The maximum Gasteiger partial charge on any atom is 0.287 e. The predicted molar refractivity (Wildman–Crippen MR) is 83.4 cm³/mol. The fourth-order valence-electron chi connectivity index (χ4n) is 1.97. The van der Waals surface area contributed by atoms with Crippen molar-refractivity contribution in [2.24, 2.45) is 0 Å². The SMILES string of the molecule is Cc1ccn(-c2cc(NCCNC(=O)c3ccco3)ncn2)n1. The normalized spacial score (nSPS) is 10.5. The van der Waals surface area contributed by atoms with E-state index in [1.165, 1.54) is 12.6 Å². The first kappa shape index (κ1) is 14.8. The van der Waals surface area contributed by atoms with Gasteiger partial charge in [0, 0.05) is 25.4 Å². The molecule has 3 aromatic rings. The molecule has 3 rings (SSSR count). The Morgan fingerprint density at radius 1 is 1.30 bits per heavy atom. The molecule has 0 aromatic carbocycles. The van der Waals surface area contributed by atoms with E-state index in [9.17, 15) is 4.79 Å². The minimum atomic E-state index is -0.243. The maximum atomic E-state index is 11.7. The maximum absolute atomic E-state index is 11.7. The average molecular weight is 312 g/mol. The lowest BCUT2D eigenvalue weighted by molar-refractivity contribution is 0.0927. The molecule has 2 N–H and O–H groups in total. The van der Waals surface area contributed by atoms with Crippen molar-refractivity contribution in [1.82, 2.24) is 25.1 Å². The van der Waals surface area contributed by atoms with Crippen molar-refractivity contribution < 1.29 is 9.21 Å². The molecule has 0 spiro atoms. The highest BCUT2D eigenvalue weighted by atomic mass is 16.3. The Bertz CT molecular complexity index is 781. The fraction of sp³-hybridized carbons (Fsp3) is 0.200. The minimum absolute atomic E-state index is 0.243. The summed E-state index contributed by atoms with van der Waals surface area (Å²) in [6.45, 7) is 2.89. The Kier molecular flexibility index (Phi) is 4.32. The molecule has 0 atom stereocenters. The van der Waals surface area contributed by atoms with Crippen LogP contribution in [0.15, 0.2) is 47.5 Å². The van der Waals surface area contributed by atoms with Gasteiger partial charge in [-0.25, -0.2) is 14.6 Å². The monoisotopic (exact) mass is 312 g/mol. The van der Waals surface area contributed by atoms with Crippen LogP contribution in [0.2, 0.25) is 0 Å². The van der Waals surface area contributed by atoms with E-state index in [1.807, 2.05) is 19.2 Å². The number of nitrogens with one attached hydrogen (secondary N) is 2. The number of furan rings is 1. The molecule has 0 radical (unpaired) electrons. The molecule has 3 aromatic heterocycles. The fourth-order valence-corrected chi connectivity index (χ4v) is 1.97. The zero-order chi connectivity index (χ0) is 16.1. The van der Waals surface area contributed by atoms with Gasteiger partial charge in [-0.15, -0.1) is 0 Å². The van der Waals surface area contributed by atoms with Crippen LogP contribution in [0.1, 0.15) is 16.2 Å². The number of carbonyl (C=O) groups is 1. The van der Waals surface area contributed by atoms with Gasteiger partial charge in [-0.05, 0) is 25.1 Å². The van der Waals surface area contributed by atoms with Gasteiger partial charge in [0.05, 0.1) is 12.0 Å². The second-order valence-corrected chi connectivity index (χ2v) is 4.82. The number of rotatable bonds is 6. The van der Waals surface area contributed by atoms with E-state index < -0.39 is 0 Å². The Hall–Kier alpha value is -3.16. The number of amides is 1. The van der Waals surface area contributed by atoms with E-state index >= 15 is 0 Å². The lowest BCUT2D eigenvalue weighted by Gasteiger charge is -2.07. The summed E-state index contributed by atoms with van der Waals surface area (Å²) in [5.41, 5.74) is 0.916. The number of hydrogen-bond acceptors (Lipinski definition) is 6. The van der Waals surface area contributed by atoms with Crippen molar-refractivity contribution >= 4 is 11.7 Å². The summed E-state index contributed by atoms with van der Waals surface area (Å²) in [4.78, 5) is 20.0.